The second kappa shape index (κ2) is 5.54. The zero-order chi connectivity index (χ0) is 14.8. The maximum Gasteiger partial charge on any atom is 0.231 e. The second-order valence-electron chi connectivity index (χ2n) is 6.43. The normalized spacial score (nSPS) is 18.4. The van der Waals surface area contributed by atoms with E-state index in [0.29, 0.717) is 19.6 Å². The van der Waals surface area contributed by atoms with Gasteiger partial charge in [0.05, 0.1) is 11.0 Å². The van der Waals surface area contributed by atoms with E-state index in [1.807, 2.05) is 51.1 Å². The first kappa shape index (κ1) is 15.0. The maximum atomic E-state index is 12.3. The van der Waals surface area contributed by atoms with Gasteiger partial charge in [-0.15, -0.1) is 0 Å². The van der Waals surface area contributed by atoms with Crippen molar-refractivity contribution in [2.45, 2.75) is 32.8 Å². The zero-order valence-corrected chi connectivity index (χ0v) is 12.5. The van der Waals surface area contributed by atoms with Crippen molar-refractivity contribution < 1.29 is 9.90 Å². The van der Waals surface area contributed by atoms with Gasteiger partial charge < -0.3 is 10.4 Å². The Morgan fingerprint density at radius 2 is 1.95 bits per heavy atom. The number of amides is 1. The summed E-state index contributed by atoms with van der Waals surface area (Å²) in [5.41, 5.74) is -0.212. The summed E-state index contributed by atoms with van der Waals surface area (Å²) in [5.74, 6) is 0.00985. The molecule has 1 saturated heterocycles. The Labute approximate surface area is 120 Å². The highest BCUT2D eigenvalue weighted by atomic mass is 16.3. The lowest BCUT2D eigenvalue weighted by Gasteiger charge is -2.48. The molecule has 1 heterocycles. The summed E-state index contributed by atoms with van der Waals surface area (Å²) in [6, 6.07) is 9.49. The van der Waals surface area contributed by atoms with E-state index in [2.05, 4.69) is 10.2 Å². The van der Waals surface area contributed by atoms with Crippen LogP contribution in [0.2, 0.25) is 0 Å². The molecule has 4 nitrogen and oxygen atoms in total. The molecule has 2 N–H and O–H groups in total. The van der Waals surface area contributed by atoms with Gasteiger partial charge in [-0.2, -0.15) is 0 Å². The quantitative estimate of drug-likeness (QED) is 0.866. The fourth-order valence-electron chi connectivity index (χ4n) is 2.57. The summed E-state index contributed by atoms with van der Waals surface area (Å²) in [7, 11) is 0. The molecule has 0 aromatic heterocycles. The molecule has 0 atom stereocenters. The van der Waals surface area contributed by atoms with Crippen LogP contribution in [0.15, 0.2) is 30.3 Å². The average molecular weight is 276 g/mol. The summed E-state index contributed by atoms with van der Waals surface area (Å²) >= 11 is 0. The van der Waals surface area contributed by atoms with Crippen LogP contribution in [0.4, 0.5) is 5.69 Å². The predicted octanol–water partition coefficient (Wildman–Crippen LogP) is 2.11. The molecular weight excluding hydrogens is 252 g/mol. The molecule has 1 aromatic carbocycles. The molecule has 1 fully saturated rings. The number of carbonyl (C=O) groups is 1. The topological polar surface area (TPSA) is 52.6 Å². The number of aliphatic hydroxyl groups is 1. The number of nitrogens with one attached hydrogen (secondary N) is 1. The Balaban J connectivity index is 1.89. The highest BCUT2D eigenvalue weighted by Gasteiger charge is 2.42. The van der Waals surface area contributed by atoms with E-state index in [1.165, 1.54) is 0 Å². The van der Waals surface area contributed by atoms with Gasteiger partial charge in [0, 0.05) is 25.3 Å². The van der Waals surface area contributed by atoms with Crippen LogP contribution in [-0.2, 0) is 4.79 Å². The van der Waals surface area contributed by atoms with Crippen molar-refractivity contribution in [3.8, 4) is 0 Å². The van der Waals surface area contributed by atoms with Crippen molar-refractivity contribution in [3.63, 3.8) is 0 Å². The summed E-state index contributed by atoms with van der Waals surface area (Å²) in [5, 5.41) is 13.0. The van der Waals surface area contributed by atoms with Crippen LogP contribution in [0.5, 0.6) is 0 Å². The smallest absolute Gasteiger partial charge is 0.231 e. The van der Waals surface area contributed by atoms with Crippen LogP contribution in [0.25, 0.3) is 0 Å². The van der Waals surface area contributed by atoms with Gasteiger partial charge in [0.2, 0.25) is 5.91 Å². The van der Waals surface area contributed by atoms with Crippen molar-refractivity contribution in [1.29, 1.82) is 0 Å². The van der Waals surface area contributed by atoms with E-state index in [-0.39, 0.29) is 5.91 Å². The number of anilines is 1. The largest absolute Gasteiger partial charge is 0.387 e. The molecule has 0 unspecified atom stereocenters. The molecule has 1 aromatic rings. The lowest BCUT2D eigenvalue weighted by Crippen LogP contribution is -2.63. The van der Waals surface area contributed by atoms with Gasteiger partial charge in [-0.1, -0.05) is 25.1 Å². The predicted molar refractivity (Wildman–Crippen MR) is 80.5 cm³/mol. The fourth-order valence-corrected chi connectivity index (χ4v) is 2.57. The standard InChI is InChI=1S/C16H24N2O2/c1-4-16(20)11-18(12-16)10-15(2,3)14(19)17-13-8-6-5-7-9-13/h5-9,20H,4,10-12H2,1-3H3,(H,17,19). The van der Waals surface area contributed by atoms with Crippen LogP contribution in [-0.4, -0.2) is 41.1 Å². The molecule has 1 amide bonds. The van der Waals surface area contributed by atoms with E-state index in [1.54, 1.807) is 0 Å². The third-order valence-corrected chi connectivity index (χ3v) is 3.96. The van der Waals surface area contributed by atoms with Crippen molar-refractivity contribution in [3.05, 3.63) is 30.3 Å². The lowest BCUT2D eigenvalue weighted by molar-refractivity contribution is -0.134. The van der Waals surface area contributed by atoms with Gasteiger partial charge in [0.25, 0.3) is 0 Å². The van der Waals surface area contributed by atoms with E-state index < -0.39 is 11.0 Å². The van der Waals surface area contributed by atoms with Crippen LogP contribution in [0.3, 0.4) is 0 Å². The number of hydrogen-bond acceptors (Lipinski definition) is 3. The lowest BCUT2D eigenvalue weighted by atomic mass is 9.85. The molecule has 1 aliphatic rings. The van der Waals surface area contributed by atoms with Crippen LogP contribution in [0.1, 0.15) is 27.2 Å². The summed E-state index contributed by atoms with van der Waals surface area (Å²) in [6.45, 7) is 7.85. The third-order valence-electron chi connectivity index (χ3n) is 3.96. The Morgan fingerprint density at radius 3 is 2.50 bits per heavy atom. The monoisotopic (exact) mass is 276 g/mol. The Kier molecular flexibility index (Phi) is 4.16. The molecule has 2 rings (SSSR count). The minimum absolute atomic E-state index is 0.00985. The van der Waals surface area contributed by atoms with E-state index in [9.17, 15) is 9.90 Å². The molecule has 0 bridgehead atoms. The Morgan fingerprint density at radius 1 is 1.35 bits per heavy atom. The molecule has 0 saturated carbocycles. The zero-order valence-electron chi connectivity index (χ0n) is 12.5. The summed E-state index contributed by atoms with van der Waals surface area (Å²) in [6.07, 6.45) is 0.764. The minimum atomic E-state index is -0.550. The van der Waals surface area contributed by atoms with Gasteiger partial charge in [0.1, 0.15) is 0 Å². The van der Waals surface area contributed by atoms with E-state index >= 15 is 0 Å². The second-order valence-corrected chi connectivity index (χ2v) is 6.43. The van der Waals surface area contributed by atoms with Gasteiger partial charge in [-0.25, -0.2) is 0 Å². The highest BCUT2D eigenvalue weighted by molar-refractivity contribution is 5.94. The molecule has 0 radical (unpaired) electrons. The van der Waals surface area contributed by atoms with Crippen molar-refractivity contribution >= 4 is 11.6 Å². The first-order valence-corrected chi connectivity index (χ1v) is 7.16. The average Bonchev–Trinajstić information content (AvgIpc) is 2.37. The van der Waals surface area contributed by atoms with Gasteiger partial charge in [-0.3, -0.25) is 9.69 Å². The highest BCUT2D eigenvalue weighted by Crippen LogP contribution is 2.29. The van der Waals surface area contributed by atoms with Gasteiger partial charge in [0.15, 0.2) is 0 Å². The van der Waals surface area contributed by atoms with Gasteiger partial charge in [-0.05, 0) is 32.4 Å². The fraction of sp³-hybridized carbons (Fsp3) is 0.562. The Bertz CT molecular complexity index is 465. The number of carbonyl (C=O) groups excluding carboxylic acids is 1. The van der Waals surface area contributed by atoms with Crippen molar-refractivity contribution in [2.24, 2.45) is 5.41 Å². The number of hydrogen-bond donors (Lipinski definition) is 2. The van der Waals surface area contributed by atoms with Crippen LogP contribution < -0.4 is 5.32 Å². The maximum absolute atomic E-state index is 12.3. The van der Waals surface area contributed by atoms with Crippen LogP contribution in [0, 0.1) is 5.41 Å². The molecule has 4 heteroatoms. The number of β-amino-alcohol motifs (C(OH)–C–C–N with tert-alkyl or cyclic N) is 1. The molecule has 20 heavy (non-hydrogen) atoms. The van der Waals surface area contributed by atoms with Crippen molar-refractivity contribution in [2.75, 3.05) is 25.0 Å². The SMILES string of the molecule is CCC1(O)CN(CC(C)(C)C(=O)Nc2ccccc2)C1. The molecular formula is C16H24N2O2. The first-order valence-electron chi connectivity index (χ1n) is 7.16. The molecule has 0 spiro atoms. The van der Waals surface area contributed by atoms with E-state index in [0.717, 1.165) is 12.1 Å². The van der Waals surface area contributed by atoms with Crippen molar-refractivity contribution in [1.82, 2.24) is 4.90 Å². The number of rotatable bonds is 5. The number of benzene rings is 1. The van der Waals surface area contributed by atoms with E-state index in [4.69, 9.17) is 0 Å². The molecule has 1 aliphatic heterocycles. The third kappa shape index (κ3) is 3.38. The number of para-hydroxylation sites is 1. The number of likely N-dealkylation sites (tertiary alicyclic amines) is 1. The van der Waals surface area contributed by atoms with Gasteiger partial charge >= 0.3 is 0 Å². The summed E-state index contributed by atoms with van der Waals surface area (Å²) < 4.78 is 0. The molecule has 110 valence electrons. The first-order chi connectivity index (χ1) is 9.35. The minimum Gasteiger partial charge on any atom is -0.387 e. The van der Waals surface area contributed by atoms with Crippen LogP contribution >= 0.6 is 0 Å². The summed E-state index contributed by atoms with van der Waals surface area (Å²) in [4.78, 5) is 14.5. The Hall–Kier alpha value is -1.39. The number of nitrogens with zero attached hydrogens (tertiary/aromatic N) is 1. The molecule has 0 aliphatic carbocycles.